The van der Waals surface area contributed by atoms with E-state index < -0.39 is 5.97 Å². The molecule has 0 bridgehead atoms. The van der Waals surface area contributed by atoms with Crippen LogP contribution in [-0.2, 0) is 20.9 Å². The Morgan fingerprint density at radius 1 is 0.882 bits per heavy atom. The van der Waals surface area contributed by atoms with Gasteiger partial charge >= 0.3 is 5.97 Å². The molecule has 0 heterocycles. The van der Waals surface area contributed by atoms with Gasteiger partial charge in [0.1, 0.15) is 0 Å². The Labute approximate surface area is 201 Å². The number of amides is 1. The first-order chi connectivity index (χ1) is 16.6. The zero-order valence-corrected chi connectivity index (χ0v) is 19.7. The first-order valence-corrected chi connectivity index (χ1v) is 12.0. The summed E-state index contributed by atoms with van der Waals surface area (Å²) in [6, 6.07) is 26.5. The zero-order chi connectivity index (χ0) is 23.8. The lowest BCUT2D eigenvalue weighted by Crippen LogP contribution is -2.36. The maximum Gasteiger partial charge on any atom is 0.330 e. The molecular weight excluding hydrogens is 422 g/mol. The number of benzene rings is 3. The van der Waals surface area contributed by atoms with Gasteiger partial charge < -0.3 is 9.64 Å². The van der Waals surface area contributed by atoms with Gasteiger partial charge in [-0.05, 0) is 53.3 Å². The maximum atomic E-state index is 13.6. The van der Waals surface area contributed by atoms with E-state index in [0.717, 1.165) is 48.1 Å². The van der Waals surface area contributed by atoms with Crippen molar-refractivity contribution in [1.82, 2.24) is 0 Å². The lowest BCUT2D eigenvalue weighted by Gasteiger charge is -2.30. The van der Waals surface area contributed by atoms with E-state index in [-0.39, 0.29) is 11.8 Å². The van der Waals surface area contributed by atoms with Gasteiger partial charge in [-0.2, -0.15) is 0 Å². The molecule has 0 aliphatic heterocycles. The van der Waals surface area contributed by atoms with Crippen LogP contribution in [0.3, 0.4) is 0 Å². The average Bonchev–Trinajstić information content (AvgIpc) is 2.91. The molecule has 0 aromatic heterocycles. The van der Waals surface area contributed by atoms with Gasteiger partial charge in [0.05, 0.1) is 13.7 Å². The van der Waals surface area contributed by atoms with Gasteiger partial charge in [0, 0.05) is 17.7 Å². The Morgan fingerprint density at radius 3 is 2.29 bits per heavy atom. The zero-order valence-electron chi connectivity index (χ0n) is 19.7. The SMILES string of the molecule is COC(=O)/C=C/c1cccc(N(Cc2ccc(-c3ccccc3)cc2)C(=O)C2CCCCC2)c1. The minimum atomic E-state index is -0.404. The summed E-state index contributed by atoms with van der Waals surface area (Å²) in [7, 11) is 1.36. The Kier molecular flexibility index (Phi) is 7.92. The highest BCUT2D eigenvalue weighted by Gasteiger charge is 2.27. The quantitative estimate of drug-likeness (QED) is 0.297. The molecule has 1 aliphatic rings. The molecule has 1 amide bonds. The highest BCUT2D eigenvalue weighted by atomic mass is 16.5. The van der Waals surface area contributed by atoms with Crippen LogP contribution in [0.5, 0.6) is 0 Å². The van der Waals surface area contributed by atoms with Crippen molar-refractivity contribution in [3.63, 3.8) is 0 Å². The molecule has 1 saturated carbocycles. The van der Waals surface area contributed by atoms with E-state index in [1.54, 1.807) is 6.08 Å². The second-order valence-electron chi connectivity index (χ2n) is 8.77. The molecule has 0 unspecified atom stereocenters. The molecule has 0 N–H and O–H groups in total. The number of methoxy groups -OCH3 is 1. The van der Waals surface area contributed by atoms with Crippen LogP contribution in [0.15, 0.2) is 84.9 Å². The minimum Gasteiger partial charge on any atom is -0.466 e. The lowest BCUT2D eigenvalue weighted by molar-refractivity contribution is -0.134. The van der Waals surface area contributed by atoms with Gasteiger partial charge in [0.15, 0.2) is 0 Å². The normalized spacial score (nSPS) is 14.1. The van der Waals surface area contributed by atoms with E-state index in [9.17, 15) is 9.59 Å². The number of ether oxygens (including phenoxy) is 1. The summed E-state index contributed by atoms with van der Waals surface area (Å²) >= 11 is 0. The van der Waals surface area contributed by atoms with Gasteiger partial charge in [-0.1, -0.05) is 86.0 Å². The molecule has 0 radical (unpaired) electrons. The van der Waals surface area contributed by atoms with Gasteiger partial charge in [-0.25, -0.2) is 4.79 Å². The molecule has 4 rings (SSSR count). The predicted octanol–water partition coefficient (Wildman–Crippen LogP) is 6.65. The monoisotopic (exact) mass is 453 g/mol. The number of esters is 1. The van der Waals surface area contributed by atoms with E-state index in [2.05, 4.69) is 36.4 Å². The van der Waals surface area contributed by atoms with Crippen molar-refractivity contribution in [3.05, 3.63) is 96.1 Å². The van der Waals surface area contributed by atoms with Crippen molar-refractivity contribution in [2.75, 3.05) is 12.0 Å². The highest BCUT2D eigenvalue weighted by Crippen LogP contribution is 2.30. The van der Waals surface area contributed by atoms with E-state index in [1.807, 2.05) is 47.4 Å². The van der Waals surface area contributed by atoms with E-state index in [4.69, 9.17) is 4.74 Å². The summed E-state index contributed by atoms with van der Waals surface area (Å²) in [6.07, 6.45) is 8.44. The predicted molar refractivity (Wildman–Crippen MR) is 137 cm³/mol. The second-order valence-corrected chi connectivity index (χ2v) is 8.77. The summed E-state index contributed by atoms with van der Waals surface area (Å²) in [6.45, 7) is 0.509. The molecule has 3 aromatic rings. The number of rotatable bonds is 7. The Morgan fingerprint density at radius 2 is 1.59 bits per heavy atom. The molecule has 3 aromatic carbocycles. The molecule has 1 aliphatic carbocycles. The summed E-state index contributed by atoms with van der Waals surface area (Å²) in [5.41, 5.74) is 5.11. The molecule has 0 spiro atoms. The number of carbonyl (C=O) groups excluding carboxylic acids is 2. The largest absolute Gasteiger partial charge is 0.466 e. The van der Waals surface area contributed by atoms with Crippen LogP contribution in [0.25, 0.3) is 17.2 Å². The topological polar surface area (TPSA) is 46.6 Å². The minimum absolute atomic E-state index is 0.0617. The molecule has 1 fully saturated rings. The molecule has 0 atom stereocenters. The van der Waals surface area contributed by atoms with Crippen LogP contribution >= 0.6 is 0 Å². The standard InChI is InChI=1S/C30H31NO3/c1-34-29(32)20-17-23-9-8-14-28(21-23)31(30(33)27-12-6-3-7-13-27)22-24-15-18-26(19-16-24)25-10-4-2-5-11-25/h2,4-5,8-11,14-21,27H,3,6-7,12-13,22H2,1H3/b20-17+. The Balaban J connectivity index is 1.60. The molecule has 4 heteroatoms. The third-order valence-electron chi connectivity index (χ3n) is 6.42. The highest BCUT2D eigenvalue weighted by molar-refractivity contribution is 5.95. The second kappa shape index (κ2) is 11.5. The fourth-order valence-corrected chi connectivity index (χ4v) is 4.51. The van der Waals surface area contributed by atoms with Gasteiger partial charge in [0.2, 0.25) is 5.91 Å². The van der Waals surface area contributed by atoms with Crippen LogP contribution in [-0.4, -0.2) is 19.0 Å². The van der Waals surface area contributed by atoms with Crippen molar-refractivity contribution < 1.29 is 14.3 Å². The lowest BCUT2D eigenvalue weighted by atomic mass is 9.88. The summed E-state index contributed by atoms with van der Waals surface area (Å²) in [5, 5.41) is 0. The molecular formula is C30H31NO3. The third-order valence-corrected chi connectivity index (χ3v) is 6.42. The van der Waals surface area contributed by atoms with Gasteiger partial charge in [-0.3, -0.25) is 4.79 Å². The van der Waals surface area contributed by atoms with E-state index >= 15 is 0 Å². The van der Waals surface area contributed by atoms with Crippen molar-refractivity contribution in [1.29, 1.82) is 0 Å². The van der Waals surface area contributed by atoms with Crippen molar-refractivity contribution in [2.24, 2.45) is 5.92 Å². The summed E-state index contributed by atoms with van der Waals surface area (Å²) < 4.78 is 4.70. The molecule has 174 valence electrons. The van der Waals surface area contributed by atoms with E-state index in [0.29, 0.717) is 6.54 Å². The number of nitrogens with zero attached hydrogens (tertiary/aromatic N) is 1. The number of carbonyl (C=O) groups is 2. The fraction of sp³-hybridized carbons (Fsp3) is 0.267. The van der Waals surface area contributed by atoms with Crippen molar-refractivity contribution >= 4 is 23.6 Å². The average molecular weight is 454 g/mol. The van der Waals surface area contributed by atoms with Crippen molar-refractivity contribution in [3.8, 4) is 11.1 Å². The molecule has 34 heavy (non-hydrogen) atoms. The maximum absolute atomic E-state index is 13.6. The summed E-state index contributed by atoms with van der Waals surface area (Å²) in [5.74, 6) is -0.161. The summed E-state index contributed by atoms with van der Waals surface area (Å²) in [4.78, 5) is 27.1. The molecule has 0 saturated heterocycles. The van der Waals surface area contributed by atoms with Crippen LogP contribution in [0, 0.1) is 5.92 Å². The fourth-order valence-electron chi connectivity index (χ4n) is 4.51. The van der Waals surface area contributed by atoms with Crippen LogP contribution in [0.4, 0.5) is 5.69 Å². The number of hydrogen-bond acceptors (Lipinski definition) is 3. The van der Waals surface area contributed by atoms with Crippen molar-refractivity contribution in [2.45, 2.75) is 38.6 Å². The third kappa shape index (κ3) is 6.02. The van der Waals surface area contributed by atoms with E-state index in [1.165, 1.54) is 25.2 Å². The van der Waals surface area contributed by atoms with Crippen LogP contribution in [0.2, 0.25) is 0 Å². The van der Waals surface area contributed by atoms with Crippen LogP contribution < -0.4 is 4.90 Å². The Bertz CT molecular complexity index is 1130. The number of anilines is 1. The first-order valence-electron chi connectivity index (χ1n) is 12.0. The number of hydrogen-bond donors (Lipinski definition) is 0. The first kappa shape index (κ1) is 23.5. The van der Waals surface area contributed by atoms with Gasteiger partial charge in [0.25, 0.3) is 0 Å². The van der Waals surface area contributed by atoms with Gasteiger partial charge in [-0.15, -0.1) is 0 Å². The molecule has 4 nitrogen and oxygen atoms in total. The Hall–Kier alpha value is -3.66. The smallest absolute Gasteiger partial charge is 0.330 e. The van der Waals surface area contributed by atoms with Crippen LogP contribution in [0.1, 0.15) is 43.2 Å².